The van der Waals surface area contributed by atoms with E-state index in [-0.39, 0.29) is 29.9 Å². The Morgan fingerprint density at radius 2 is 2.19 bits per heavy atom. The quantitative estimate of drug-likeness (QED) is 0.778. The third kappa shape index (κ3) is 4.07. The van der Waals surface area contributed by atoms with Gasteiger partial charge in [0.15, 0.2) is 9.84 Å². The van der Waals surface area contributed by atoms with Crippen LogP contribution in [-0.4, -0.2) is 55.9 Å². The van der Waals surface area contributed by atoms with Crippen LogP contribution in [0.2, 0.25) is 0 Å². The van der Waals surface area contributed by atoms with E-state index in [1.807, 2.05) is 31.2 Å². The first-order valence-corrected chi connectivity index (χ1v) is 11.0. The maximum Gasteiger partial charge on any atom is 0.227 e. The lowest BCUT2D eigenvalue weighted by atomic mass is 10.2. The van der Waals surface area contributed by atoms with Crippen molar-refractivity contribution in [3.8, 4) is 16.3 Å². The van der Waals surface area contributed by atoms with Crippen molar-refractivity contribution in [3.05, 3.63) is 34.8 Å². The van der Waals surface area contributed by atoms with Gasteiger partial charge in [-0.1, -0.05) is 12.1 Å². The molecule has 3 rings (SSSR count). The standard InChI is InChI=1S/C18H22N2O4S2/c1-12-16(10-17(21)20(2)14-7-8-26(22,23)11-14)25-18(19-12)13-5-4-6-15(9-13)24-3/h4-6,9,14H,7-8,10-11H2,1-3H3. The van der Waals surface area contributed by atoms with Crippen LogP contribution < -0.4 is 4.74 Å². The van der Waals surface area contributed by atoms with Gasteiger partial charge >= 0.3 is 0 Å². The molecule has 2 aromatic rings. The molecule has 0 spiro atoms. The molecule has 140 valence electrons. The average Bonchev–Trinajstić information content (AvgIpc) is 3.16. The highest BCUT2D eigenvalue weighted by Gasteiger charge is 2.32. The molecule has 6 nitrogen and oxygen atoms in total. The molecule has 1 aliphatic heterocycles. The summed E-state index contributed by atoms with van der Waals surface area (Å²) in [5.74, 6) is 0.909. The zero-order valence-corrected chi connectivity index (χ0v) is 16.7. The van der Waals surface area contributed by atoms with Crippen LogP contribution in [0.25, 0.3) is 10.6 Å². The molecular formula is C18H22N2O4S2. The Kier molecular flexibility index (Phi) is 5.34. The van der Waals surface area contributed by atoms with E-state index in [9.17, 15) is 13.2 Å². The van der Waals surface area contributed by atoms with Crippen molar-refractivity contribution in [2.45, 2.75) is 25.8 Å². The molecule has 1 saturated heterocycles. The van der Waals surface area contributed by atoms with E-state index < -0.39 is 9.84 Å². The van der Waals surface area contributed by atoms with Gasteiger partial charge in [-0.05, 0) is 25.5 Å². The van der Waals surface area contributed by atoms with Gasteiger partial charge in [-0.3, -0.25) is 4.79 Å². The summed E-state index contributed by atoms with van der Waals surface area (Å²) in [4.78, 5) is 19.7. The fourth-order valence-corrected chi connectivity index (χ4v) is 5.84. The third-order valence-electron chi connectivity index (χ3n) is 4.67. The number of hydrogen-bond acceptors (Lipinski definition) is 6. The summed E-state index contributed by atoms with van der Waals surface area (Å²) in [5.41, 5.74) is 1.78. The van der Waals surface area contributed by atoms with Gasteiger partial charge in [0, 0.05) is 23.5 Å². The van der Waals surface area contributed by atoms with Crippen LogP contribution in [-0.2, 0) is 21.1 Å². The number of benzene rings is 1. The molecule has 1 aliphatic rings. The molecule has 1 aromatic carbocycles. The fraction of sp³-hybridized carbons (Fsp3) is 0.444. The van der Waals surface area contributed by atoms with E-state index in [1.54, 1.807) is 19.1 Å². The first kappa shape index (κ1) is 18.8. The van der Waals surface area contributed by atoms with Crippen LogP contribution in [0.3, 0.4) is 0 Å². The normalized spacial score (nSPS) is 18.7. The van der Waals surface area contributed by atoms with E-state index in [4.69, 9.17) is 4.74 Å². The van der Waals surface area contributed by atoms with E-state index in [1.165, 1.54) is 11.3 Å². The largest absolute Gasteiger partial charge is 0.497 e. The summed E-state index contributed by atoms with van der Waals surface area (Å²) >= 11 is 1.49. The van der Waals surface area contributed by atoms with Gasteiger partial charge in [0.2, 0.25) is 5.91 Å². The van der Waals surface area contributed by atoms with Gasteiger partial charge in [-0.2, -0.15) is 0 Å². The number of likely N-dealkylation sites (N-methyl/N-ethyl adjacent to an activating group) is 1. The molecule has 0 bridgehead atoms. The van der Waals surface area contributed by atoms with E-state index >= 15 is 0 Å². The lowest BCUT2D eigenvalue weighted by molar-refractivity contribution is -0.130. The molecule has 0 N–H and O–H groups in total. The topological polar surface area (TPSA) is 76.6 Å². The minimum atomic E-state index is -3.01. The summed E-state index contributed by atoms with van der Waals surface area (Å²) in [7, 11) is 0.299. The Bertz CT molecular complexity index is 921. The number of methoxy groups -OCH3 is 1. The predicted molar refractivity (Wildman–Crippen MR) is 102 cm³/mol. The summed E-state index contributed by atoms with van der Waals surface area (Å²) in [5, 5.41) is 0.843. The minimum Gasteiger partial charge on any atom is -0.497 e. The van der Waals surface area contributed by atoms with Crippen molar-refractivity contribution >= 4 is 27.1 Å². The molecule has 26 heavy (non-hydrogen) atoms. The van der Waals surface area contributed by atoms with Crippen molar-refractivity contribution in [2.75, 3.05) is 25.7 Å². The molecule has 1 unspecified atom stereocenters. The Morgan fingerprint density at radius 1 is 1.42 bits per heavy atom. The molecule has 1 fully saturated rings. The molecular weight excluding hydrogens is 372 g/mol. The van der Waals surface area contributed by atoms with Gasteiger partial charge < -0.3 is 9.64 Å². The number of aryl methyl sites for hydroxylation is 1. The molecule has 0 saturated carbocycles. The zero-order valence-electron chi connectivity index (χ0n) is 15.1. The number of thiazole rings is 1. The van der Waals surface area contributed by atoms with E-state index in [0.29, 0.717) is 6.42 Å². The Morgan fingerprint density at radius 3 is 2.85 bits per heavy atom. The van der Waals surface area contributed by atoms with Crippen molar-refractivity contribution in [3.63, 3.8) is 0 Å². The monoisotopic (exact) mass is 394 g/mol. The number of amides is 1. The SMILES string of the molecule is COc1cccc(-c2nc(C)c(CC(=O)N(C)C3CCS(=O)(=O)C3)s2)c1. The van der Waals surface area contributed by atoms with Crippen molar-refractivity contribution in [1.29, 1.82) is 0 Å². The Balaban J connectivity index is 1.74. The maximum atomic E-state index is 12.6. The molecule has 1 amide bonds. The number of aromatic nitrogens is 1. The van der Waals surface area contributed by atoms with Gasteiger partial charge in [-0.15, -0.1) is 11.3 Å². The molecule has 0 radical (unpaired) electrons. The number of sulfone groups is 1. The van der Waals surface area contributed by atoms with Crippen molar-refractivity contribution in [2.24, 2.45) is 0 Å². The highest BCUT2D eigenvalue weighted by atomic mass is 32.2. The van der Waals surface area contributed by atoms with Crippen LogP contribution >= 0.6 is 11.3 Å². The van der Waals surface area contributed by atoms with Gasteiger partial charge in [0.05, 0.1) is 30.7 Å². The second-order valence-electron chi connectivity index (χ2n) is 6.50. The van der Waals surface area contributed by atoms with E-state index in [0.717, 1.165) is 26.9 Å². The summed E-state index contributed by atoms with van der Waals surface area (Å²) in [6, 6.07) is 7.43. The second-order valence-corrected chi connectivity index (χ2v) is 9.81. The fourth-order valence-electron chi connectivity index (χ4n) is 3.02. The van der Waals surface area contributed by atoms with Crippen LogP contribution in [0, 0.1) is 6.92 Å². The highest BCUT2D eigenvalue weighted by Crippen LogP contribution is 2.30. The molecule has 1 aromatic heterocycles. The smallest absolute Gasteiger partial charge is 0.227 e. The Labute approximate surface area is 157 Å². The van der Waals surface area contributed by atoms with Gasteiger partial charge in [0.25, 0.3) is 0 Å². The first-order valence-electron chi connectivity index (χ1n) is 8.36. The third-order valence-corrected chi connectivity index (χ3v) is 7.63. The van der Waals surface area contributed by atoms with Crippen LogP contribution in [0.15, 0.2) is 24.3 Å². The Hall–Kier alpha value is -1.93. The van der Waals surface area contributed by atoms with Crippen LogP contribution in [0.1, 0.15) is 17.0 Å². The highest BCUT2D eigenvalue weighted by molar-refractivity contribution is 7.91. The maximum absolute atomic E-state index is 12.6. The number of hydrogen-bond donors (Lipinski definition) is 0. The van der Waals surface area contributed by atoms with Crippen molar-refractivity contribution in [1.82, 2.24) is 9.88 Å². The number of rotatable bonds is 5. The molecule has 2 heterocycles. The predicted octanol–water partition coefficient (Wildman–Crippen LogP) is 2.32. The lowest BCUT2D eigenvalue weighted by Gasteiger charge is -2.23. The number of carbonyl (C=O) groups excluding carboxylic acids is 1. The second kappa shape index (κ2) is 7.36. The average molecular weight is 395 g/mol. The first-order chi connectivity index (χ1) is 12.3. The van der Waals surface area contributed by atoms with Crippen molar-refractivity contribution < 1.29 is 17.9 Å². The lowest BCUT2D eigenvalue weighted by Crippen LogP contribution is -2.38. The number of nitrogens with zero attached hydrogens (tertiary/aromatic N) is 2. The number of carbonyl (C=O) groups is 1. The molecule has 8 heteroatoms. The van der Waals surface area contributed by atoms with E-state index in [2.05, 4.69) is 4.98 Å². The van der Waals surface area contributed by atoms with Crippen LogP contribution in [0.5, 0.6) is 5.75 Å². The minimum absolute atomic E-state index is 0.0615. The van der Waals surface area contributed by atoms with Gasteiger partial charge in [-0.25, -0.2) is 13.4 Å². The molecule has 0 aliphatic carbocycles. The van der Waals surface area contributed by atoms with Crippen LogP contribution in [0.4, 0.5) is 0 Å². The zero-order chi connectivity index (χ0) is 18.9. The summed E-state index contributed by atoms with van der Waals surface area (Å²) in [6.07, 6.45) is 0.752. The number of ether oxygens (including phenoxy) is 1. The molecule has 1 atom stereocenters. The summed E-state index contributed by atoms with van der Waals surface area (Å²) in [6.45, 7) is 1.89. The summed E-state index contributed by atoms with van der Waals surface area (Å²) < 4.78 is 28.5. The van der Waals surface area contributed by atoms with Gasteiger partial charge in [0.1, 0.15) is 10.8 Å².